The topological polar surface area (TPSA) is 52.5 Å². The van der Waals surface area contributed by atoms with E-state index in [4.69, 9.17) is 0 Å². The molecule has 3 N–H and O–H groups in total. The number of aryl methyl sites for hydroxylation is 1. The summed E-state index contributed by atoms with van der Waals surface area (Å²) in [6.45, 7) is 3.32. The van der Waals surface area contributed by atoms with Crippen LogP contribution in [0.15, 0.2) is 18.2 Å². The standard InChI is InChI=1S/C18H28FNO2/c1-14-11-15(19)5-6-16(14)17(22)12-20-13-18(9-10-21)7-3-2-4-8-18/h5-6,11,17,20-22H,2-4,7-10,12-13H2,1H3. The van der Waals surface area contributed by atoms with Crippen LogP contribution in [0.25, 0.3) is 0 Å². The molecule has 0 amide bonds. The number of rotatable bonds is 7. The van der Waals surface area contributed by atoms with E-state index in [0.717, 1.165) is 36.9 Å². The van der Waals surface area contributed by atoms with Crippen LogP contribution in [0, 0.1) is 18.2 Å². The van der Waals surface area contributed by atoms with Crippen LogP contribution in [0.1, 0.15) is 55.8 Å². The Kier molecular flexibility index (Phi) is 6.36. The second-order valence-electron chi connectivity index (χ2n) is 6.68. The van der Waals surface area contributed by atoms with Crippen molar-refractivity contribution >= 4 is 0 Å². The van der Waals surface area contributed by atoms with E-state index in [-0.39, 0.29) is 17.8 Å². The number of nitrogens with one attached hydrogen (secondary N) is 1. The summed E-state index contributed by atoms with van der Waals surface area (Å²) in [4.78, 5) is 0. The Morgan fingerprint density at radius 3 is 2.64 bits per heavy atom. The molecule has 0 bridgehead atoms. The van der Waals surface area contributed by atoms with Gasteiger partial charge in [-0.05, 0) is 54.9 Å². The van der Waals surface area contributed by atoms with E-state index in [1.165, 1.54) is 31.4 Å². The summed E-state index contributed by atoms with van der Waals surface area (Å²) in [5.74, 6) is -0.273. The average Bonchev–Trinajstić information content (AvgIpc) is 2.48. The molecule has 0 saturated heterocycles. The second kappa shape index (κ2) is 8.04. The fraction of sp³-hybridized carbons (Fsp3) is 0.667. The van der Waals surface area contributed by atoms with Gasteiger partial charge in [-0.25, -0.2) is 4.39 Å². The lowest BCUT2D eigenvalue weighted by Crippen LogP contribution is -2.38. The van der Waals surface area contributed by atoms with Crippen LogP contribution < -0.4 is 5.32 Å². The van der Waals surface area contributed by atoms with E-state index in [1.54, 1.807) is 6.07 Å². The van der Waals surface area contributed by atoms with Gasteiger partial charge < -0.3 is 15.5 Å². The summed E-state index contributed by atoms with van der Waals surface area (Å²) in [5, 5.41) is 23.0. The van der Waals surface area contributed by atoms with Crippen molar-refractivity contribution in [3.63, 3.8) is 0 Å². The van der Waals surface area contributed by atoms with E-state index in [9.17, 15) is 14.6 Å². The monoisotopic (exact) mass is 309 g/mol. The molecular weight excluding hydrogens is 281 g/mol. The third kappa shape index (κ3) is 4.51. The van der Waals surface area contributed by atoms with Crippen molar-refractivity contribution in [3.8, 4) is 0 Å². The van der Waals surface area contributed by atoms with Gasteiger partial charge in [-0.3, -0.25) is 0 Å². The van der Waals surface area contributed by atoms with Crippen LogP contribution in [0.3, 0.4) is 0 Å². The normalized spacial score (nSPS) is 19.1. The SMILES string of the molecule is Cc1cc(F)ccc1C(O)CNCC1(CCO)CCCCC1. The lowest BCUT2D eigenvalue weighted by molar-refractivity contribution is 0.114. The predicted molar refractivity (Wildman–Crippen MR) is 86.2 cm³/mol. The number of hydrogen-bond acceptors (Lipinski definition) is 3. The minimum Gasteiger partial charge on any atom is -0.396 e. The van der Waals surface area contributed by atoms with Gasteiger partial charge in [-0.15, -0.1) is 0 Å². The Balaban J connectivity index is 1.88. The summed E-state index contributed by atoms with van der Waals surface area (Å²) < 4.78 is 13.1. The zero-order chi connectivity index (χ0) is 16.0. The van der Waals surface area contributed by atoms with Crippen LogP contribution in [-0.2, 0) is 0 Å². The fourth-order valence-electron chi connectivity index (χ4n) is 3.65. The van der Waals surface area contributed by atoms with Gasteiger partial charge in [0, 0.05) is 19.7 Å². The first-order chi connectivity index (χ1) is 10.6. The van der Waals surface area contributed by atoms with E-state index in [0.29, 0.717) is 6.54 Å². The largest absolute Gasteiger partial charge is 0.396 e. The second-order valence-corrected chi connectivity index (χ2v) is 6.68. The predicted octanol–water partition coefficient (Wildman–Crippen LogP) is 3.09. The molecule has 124 valence electrons. The molecule has 4 heteroatoms. The van der Waals surface area contributed by atoms with Gasteiger partial charge in [0.15, 0.2) is 0 Å². The molecule has 0 spiro atoms. The third-order valence-electron chi connectivity index (χ3n) is 4.98. The summed E-state index contributed by atoms with van der Waals surface area (Å²) in [6.07, 6.45) is 6.22. The maximum Gasteiger partial charge on any atom is 0.123 e. The molecule has 1 unspecified atom stereocenters. The number of halogens is 1. The maximum absolute atomic E-state index is 13.1. The summed E-state index contributed by atoms with van der Waals surface area (Å²) in [7, 11) is 0. The molecule has 0 aromatic heterocycles. The summed E-state index contributed by atoms with van der Waals surface area (Å²) in [6, 6.07) is 4.49. The molecule has 0 aliphatic heterocycles. The highest BCUT2D eigenvalue weighted by atomic mass is 19.1. The van der Waals surface area contributed by atoms with Crippen molar-refractivity contribution in [2.45, 2.75) is 51.6 Å². The highest BCUT2D eigenvalue weighted by Gasteiger charge is 2.31. The zero-order valence-electron chi connectivity index (χ0n) is 13.4. The van der Waals surface area contributed by atoms with Crippen molar-refractivity contribution in [2.24, 2.45) is 5.41 Å². The van der Waals surface area contributed by atoms with Gasteiger partial charge in [0.05, 0.1) is 6.10 Å². The quantitative estimate of drug-likeness (QED) is 0.725. The van der Waals surface area contributed by atoms with Gasteiger partial charge in [-0.1, -0.05) is 25.3 Å². The van der Waals surface area contributed by atoms with E-state index < -0.39 is 6.10 Å². The van der Waals surface area contributed by atoms with Crippen LogP contribution in [0.2, 0.25) is 0 Å². The Morgan fingerprint density at radius 1 is 1.27 bits per heavy atom. The van der Waals surface area contributed by atoms with Crippen LogP contribution in [0.5, 0.6) is 0 Å². The minimum atomic E-state index is -0.629. The summed E-state index contributed by atoms with van der Waals surface area (Å²) >= 11 is 0. The molecule has 1 aromatic rings. The number of hydrogen-bond donors (Lipinski definition) is 3. The Bertz CT molecular complexity index is 467. The van der Waals surface area contributed by atoms with Crippen LogP contribution >= 0.6 is 0 Å². The smallest absolute Gasteiger partial charge is 0.123 e. The first-order valence-corrected chi connectivity index (χ1v) is 8.32. The highest BCUT2D eigenvalue weighted by molar-refractivity contribution is 5.28. The molecule has 0 radical (unpaired) electrons. The van der Waals surface area contributed by atoms with Crippen LogP contribution in [-0.4, -0.2) is 29.9 Å². The molecule has 0 heterocycles. The molecule has 1 aliphatic rings. The van der Waals surface area contributed by atoms with E-state index in [2.05, 4.69) is 5.32 Å². The molecule has 1 atom stereocenters. The first kappa shape index (κ1) is 17.4. The average molecular weight is 309 g/mol. The molecule has 1 saturated carbocycles. The Labute approximate surface area is 132 Å². The molecule has 2 rings (SSSR count). The highest BCUT2D eigenvalue weighted by Crippen LogP contribution is 2.38. The lowest BCUT2D eigenvalue weighted by Gasteiger charge is -2.37. The number of benzene rings is 1. The third-order valence-corrected chi connectivity index (χ3v) is 4.98. The molecule has 1 aromatic carbocycles. The van der Waals surface area contributed by atoms with Crippen molar-refractivity contribution in [2.75, 3.05) is 19.7 Å². The van der Waals surface area contributed by atoms with Gasteiger partial charge >= 0.3 is 0 Å². The Morgan fingerprint density at radius 2 is 2.00 bits per heavy atom. The van der Waals surface area contributed by atoms with Gasteiger partial charge in [-0.2, -0.15) is 0 Å². The molecule has 1 fully saturated rings. The van der Waals surface area contributed by atoms with E-state index in [1.807, 2.05) is 6.92 Å². The van der Waals surface area contributed by atoms with Crippen LogP contribution in [0.4, 0.5) is 4.39 Å². The fourth-order valence-corrected chi connectivity index (χ4v) is 3.65. The first-order valence-electron chi connectivity index (χ1n) is 8.32. The number of aliphatic hydroxyl groups excluding tert-OH is 2. The van der Waals surface area contributed by atoms with Gasteiger partial charge in [0.2, 0.25) is 0 Å². The molecular formula is C18H28FNO2. The Hall–Kier alpha value is -0.970. The van der Waals surface area contributed by atoms with Gasteiger partial charge in [0.1, 0.15) is 5.82 Å². The zero-order valence-corrected chi connectivity index (χ0v) is 13.4. The molecule has 3 nitrogen and oxygen atoms in total. The maximum atomic E-state index is 13.1. The van der Waals surface area contributed by atoms with E-state index >= 15 is 0 Å². The molecule has 22 heavy (non-hydrogen) atoms. The van der Waals surface area contributed by atoms with Crippen molar-refractivity contribution in [1.82, 2.24) is 5.32 Å². The van der Waals surface area contributed by atoms with Crippen molar-refractivity contribution < 1.29 is 14.6 Å². The summed E-state index contributed by atoms with van der Waals surface area (Å²) in [5.41, 5.74) is 1.72. The van der Waals surface area contributed by atoms with Crippen molar-refractivity contribution in [3.05, 3.63) is 35.1 Å². The number of aliphatic hydroxyl groups is 2. The molecule has 1 aliphatic carbocycles. The van der Waals surface area contributed by atoms with Gasteiger partial charge in [0.25, 0.3) is 0 Å². The minimum absolute atomic E-state index is 0.171. The lowest BCUT2D eigenvalue weighted by atomic mass is 9.72. The van der Waals surface area contributed by atoms with Crippen molar-refractivity contribution in [1.29, 1.82) is 0 Å².